The summed E-state index contributed by atoms with van der Waals surface area (Å²) in [5, 5.41) is 8.07. The number of rotatable bonds is 3. The highest BCUT2D eigenvalue weighted by Crippen LogP contribution is 2.50. The van der Waals surface area contributed by atoms with Crippen molar-refractivity contribution in [3.8, 4) is 0 Å². The molecule has 1 N–H and O–H groups in total. The third kappa shape index (κ3) is 3.49. The lowest BCUT2D eigenvalue weighted by molar-refractivity contribution is -0.842. The second-order valence-corrected chi connectivity index (χ2v) is 9.32. The summed E-state index contributed by atoms with van der Waals surface area (Å²) >= 11 is 3.57. The first-order valence-corrected chi connectivity index (χ1v) is 11.0. The smallest absolute Gasteiger partial charge is 0.413 e. The molecule has 1 aliphatic carbocycles. The Kier molecular flexibility index (Phi) is 5.48. The second kappa shape index (κ2) is 7.78. The summed E-state index contributed by atoms with van der Waals surface area (Å²) in [7, 11) is 0. The van der Waals surface area contributed by atoms with Gasteiger partial charge in [-0.3, -0.25) is 4.79 Å². The molecule has 29 heavy (non-hydrogen) atoms. The number of quaternary nitrogens is 1. The van der Waals surface area contributed by atoms with E-state index in [1.54, 1.807) is 0 Å². The first-order valence-electron chi connectivity index (χ1n) is 10.2. The number of ketones is 1. The highest BCUT2D eigenvalue weighted by Gasteiger charge is 2.60. The number of nitrogens with zero attached hydrogens (tertiary/aromatic N) is 2. The summed E-state index contributed by atoms with van der Waals surface area (Å²) in [5.74, 6) is 0.0247. The molecule has 154 valence electrons. The van der Waals surface area contributed by atoms with E-state index in [1.807, 2.05) is 44.2 Å². The maximum absolute atomic E-state index is 13.4. The third-order valence-corrected chi connectivity index (χ3v) is 7.01. The second-order valence-electron chi connectivity index (χ2n) is 8.56. The average Bonchev–Trinajstić information content (AvgIpc) is 3.01. The molecule has 0 bridgehead atoms. The number of halogens is 1. The first kappa shape index (κ1) is 20.4. The molecule has 2 heterocycles. The van der Waals surface area contributed by atoms with Gasteiger partial charge in [0.2, 0.25) is 11.5 Å². The van der Waals surface area contributed by atoms with Crippen LogP contribution in [-0.2, 0) is 16.1 Å². The van der Waals surface area contributed by atoms with Crippen molar-refractivity contribution in [2.75, 3.05) is 13.1 Å². The molecule has 1 atom stereocenters. The maximum atomic E-state index is 13.4. The third-order valence-electron chi connectivity index (χ3n) is 6.37. The van der Waals surface area contributed by atoms with Gasteiger partial charge in [0.05, 0.1) is 5.57 Å². The van der Waals surface area contributed by atoms with Crippen LogP contribution >= 0.6 is 15.9 Å². The number of nitrogens with one attached hydrogen (secondary N) is 1. The molecule has 0 radical (unpaired) electrons. The zero-order valence-corrected chi connectivity index (χ0v) is 18.5. The van der Waals surface area contributed by atoms with E-state index >= 15 is 0 Å². The van der Waals surface area contributed by atoms with E-state index in [0.29, 0.717) is 16.7 Å². The maximum Gasteiger partial charge on any atom is 0.549 e. The topological polar surface area (TPSA) is 67.8 Å². The van der Waals surface area contributed by atoms with Gasteiger partial charge in [-0.1, -0.05) is 40.0 Å². The Morgan fingerprint density at radius 1 is 1.24 bits per heavy atom. The van der Waals surface area contributed by atoms with Crippen LogP contribution in [0.25, 0.3) is 0 Å². The lowest BCUT2D eigenvalue weighted by Gasteiger charge is -2.41. The minimum atomic E-state index is -0.500. The predicted octanol–water partition coefficient (Wildman–Crippen LogP) is 4.26. The molecule has 3 aliphatic rings. The van der Waals surface area contributed by atoms with E-state index in [9.17, 15) is 9.59 Å². The van der Waals surface area contributed by atoms with E-state index in [1.165, 1.54) is 0 Å². The van der Waals surface area contributed by atoms with Gasteiger partial charge in [-0.25, -0.2) is 0 Å². The summed E-state index contributed by atoms with van der Waals surface area (Å²) in [5.41, 5.74) is 2.26. The molecular formula is C22H27BrN3O3+. The van der Waals surface area contributed by atoms with Crippen LogP contribution in [0.4, 0.5) is 4.79 Å². The minimum Gasteiger partial charge on any atom is -0.413 e. The molecular weight excluding hydrogens is 434 g/mol. The van der Waals surface area contributed by atoms with E-state index < -0.39 is 10.7 Å². The molecule has 0 saturated carbocycles. The zero-order chi connectivity index (χ0) is 20.6. The van der Waals surface area contributed by atoms with E-state index in [-0.39, 0.29) is 23.8 Å². The van der Waals surface area contributed by atoms with Crippen LogP contribution in [0.15, 0.2) is 46.7 Å². The fourth-order valence-electron chi connectivity index (χ4n) is 4.77. The molecule has 1 spiro atoms. The van der Waals surface area contributed by atoms with Crippen molar-refractivity contribution in [2.24, 2.45) is 10.5 Å². The lowest BCUT2D eigenvalue weighted by Crippen LogP contribution is -2.54. The lowest BCUT2D eigenvalue weighted by atomic mass is 9.67. The van der Waals surface area contributed by atoms with Gasteiger partial charge in [0.1, 0.15) is 12.6 Å². The van der Waals surface area contributed by atoms with E-state index in [4.69, 9.17) is 9.84 Å². The zero-order valence-electron chi connectivity index (χ0n) is 16.9. The molecule has 0 aromatic heterocycles. The van der Waals surface area contributed by atoms with Crippen molar-refractivity contribution in [1.82, 2.24) is 5.32 Å². The summed E-state index contributed by atoms with van der Waals surface area (Å²) in [6, 6.07) is 9.31. The Morgan fingerprint density at radius 3 is 2.59 bits per heavy atom. The summed E-state index contributed by atoms with van der Waals surface area (Å²) in [6.45, 7) is 5.82. The van der Waals surface area contributed by atoms with Gasteiger partial charge in [-0.2, -0.15) is 4.79 Å². The SMILES string of the molecule is CC(C)[N+]1(C(=O)OCc2ccccc2)N=C(Br)C2=C1C(=O)CC1(CCNCC1)C2. The van der Waals surface area contributed by atoms with Crippen LogP contribution in [0, 0.1) is 5.41 Å². The van der Waals surface area contributed by atoms with Crippen LogP contribution in [0.1, 0.15) is 45.1 Å². The number of amides is 1. The highest BCUT2D eigenvalue weighted by atomic mass is 79.9. The Morgan fingerprint density at radius 2 is 1.93 bits per heavy atom. The van der Waals surface area contributed by atoms with Crippen LogP contribution < -0.4 is 5.32 Å². The van der Waals surface area contributed by atoms with Crippen LogP contribution in [0.3, 0.4) is 0 Å². The fourth-order valence-corrected chi connectivity index (χ4v) is 5.35. The number of piperidine rings is 1. The van der Waals surface area contributed by atoms with E-state index in [2.05, 4.69) is 21.2 Å². The summed E-state index contributed by atoms with van der Waals surface area (Å²) in [4.78, 5) is 26.7. The molecule has 1 aromatic rings. The van der Waals surface area contributed by atoms with Crippen LogP contribution in [0.5, 0.6) is 0 Å². The van der Waals surface area contributed by atoms with Gasteiger partial charge in [-0.05, 0) is 73.1 Å². The Balaban J connectivity index is 1.67. The van der Waals surface area contributed by atoms with Crippen molar-refractivity contribution in [2.45, 2.75) is 52.2 Å². The molecule has 2 aliphatic heterocycles. The number of hydrogen-bond acceptors (Lipinski definition) is 5. The molecule has 7 heteroatoms. The molecule has 1 fully saturated rings. The van der Waals surface area contributed by atoms with Gasteiger partial charge in [-0.15, -0.1) is 0 Å². The van der Waals surface area contributed by atoms with Gasteiger partial charge in [0.25, 0.3) is 0 Å². The van der Waals surface area contributed by atoms with Crippen molar-refractivity contribution in [3.63, 3.8) is 0 Å². The Bertz CT molecular complexity index is 888. The summed E-state index contributed by atoms with van der Waals surface area (Å²) < 4.78 is 5.88. The number of carbonyl (C=O) groups is 2. The van der Waals surface area contributed by atoms with Crippen molar-refractivity contribution >= 4 is 32.4 Å². The fraction of sp³-hybridized carbons (Fsp3) is 0.500. The number of allylic oxidation sites excluding steroid dienone is 2. The first-order chi connectivity index (χ1) is 13.9. The molecule has 1 amide bonds. The van der Waals surface area contributed by atoms with Gasteiger partial charge < -0.3 is 10.1 Å². The van der Waals surface area contributed by atoms with Crippen LogP contribution in [0.2, 0.25) is 0 Å². The van der Waals surface area contributed by atoms with Gasteiger partial charge >= 0.3 is 6.09 Å². The van der Waals surface area contributed by atoms with Crippen molar-refractivity contribution < 1.29 is 18.9 Å². The molecule has 6 nitrogen and oxygen atoms in total. The van der Waals surface area contributed by atoms with Crippen molar-refractivity contribution in [3.05, 3.63) is 47.2 Å². The van der Waals surface area contributed by atoms with Crippen LogP contribution in [-0.4, -0.2) is 40.2 Å². The highest BCUT2D eigenvalue weighted by molar-refractivity contribution is 9.18. The Labute approximate surface area is 179 Å². The van der Waals surface area contributed by atoms with Gasteiger partial charge in [0, 0.05) is 6.42 Å². The quantitative estimate of drug-likeness (QED) is 0.684. The molecule has 1 aromatic carbocycles. The molecule has 4 rings (SSSR count). The number of benzene rings is 1. The van der Waals surface area contributed by atoms with Crippen molar-refractivity contribution in [1.29, 1.82) is 0 Å². The standard InChI is InChI=1S/C22H27BrN3O3/c1-15(2)26(21(28)29-14-16-6-4-3-5-7-16)19-17(20(23)25-26)12-22(13-18(19)27)8-10-24-11-9-22/h3-7,15,24H,8-14H2,1-2H3/q+1. The largest absolute Gasteiger partial charge is 0.549 e. The average molecular weight is 461 g/mol. The Hall–Kier alpha value is -1.83. The predicted molar refractivity (Wildman–Crippen MR) is 114 cm³/mol. The number of ether oxygens (including phenoxy) is 1. The molecule has 1 unspecified atom stereocenters. The molecule has 1 saturated heterocycles. The number of hydrogen-bond donors (Lipinski definition) is 1. The minimum absolute atomic E-state index is 0.0247. The number of Topliss-reactive ketones (excluding diaryl/α,β-unsaturated/α-hetero) is 1. The van der Waals surface area contributed by atoms with E-state index in [0.717, 1.165) is 43.5 Å². The number of carbonyl (C=O) groups excluding carboxylic acids is 2. The van der Waals surface area contributed by atoms with Gasteiger partial charge in [0.15, 0.2) is 4.62 Å². The summed E-state index contributed by atoms with van der Waals surface area (Å²) in [6.07, 6.45) is 2.69. The monoisotopic (exact) mass is 460 g/mol. The normalized spacial score (nSPS) is 25.9.